The minimum Gasteiger partial charge on any atom is -0.363 e. The first kappa shape index (κ1) is 17.8. The molecule has 1 aliphatic carbocycles. The number of morpholine rings is 1. The van der Waals surface area contributed by atoms with Crippen molar-refractivity contribution in [2.75, 3.05) is 31.6 Å². The Bertz CT molecular complexity index is 604. The SMILES string of the molecule is C[C@]1(C(=O)NC2CCCC2)CN(CC(=O)Nc2ccccn2)CCO1. The highest BCUT2D eigenvalue weighted by Gasteiger charge is 2.40. The number of nitrogens with zero attached hydrogens (tertiary/aromatic N) is 2. The van der Waals surface area contributed by atoms with Crippen LogP contribution in [-0.2, 0) is 14.3 Å². The number of carbonyl (C=O) groups excluding carboxylic acids is 2. The monoisotopic (exact) mass is 346 g/mol. The van der Waals surface area contributed by atoms with Crippen LogP contribution in [0.15, 0.2) is 24.4 Å². The van der Waals surface area contributed by atoms with Crippen molar-refractivity contribution in [3.05, 3.63) is 24.4 Å². The van der Waals surface area contributed by atoms with Crippen molar-refractivity contribution in [1.82, 2.24) is 15.2 Å². The lowest BCUT2D eigenvalue weighted by Gasteiger charge is -2.39. The number of pyridine rings is 1. The van der Waals surface area contributed by atoms with Gasteiger partial charge in [0.2, 0.25) is 5.91 Å². The second kappa shape index (κ2) is 7.93. The molecule has 0 unspecified atom stereocenters. The summed E-state index contributed by atoms with van der Waals surface area (Å²) >= 11 is 0. The van der Waals surface area contributed by atoms with Gasteiger partial charge in [-0.3, -0.25) is 14.5 Å². The molecule has 1 atom stereocenters. The van der Waals surface area contributed by atoms with Crippen LogP contribution in [0.5, 0.6) is 0 Å². The van der Waals surface area contributed by atoms with Gasteiger partial charge >= 0.3 is 0 Å². The lowest BCUT2D eigenvalue weighted by atomic mass is 10.0. The Hall–Kier alpha value is -1.99. The number of amides is 2. The van der Waals surface area contributed by atoms with Crippen molar-refractivity contribution in [2.45, 2.75) is 44.2 Å². The standard InChI is InChI=1S/C18H26N4O3/c1-18(17(24)20-14-6-2-3-7-14)13-22(10-11-25-18)12-16(23)21-15-8-4-5-9-19-15/h4-5,8-9,14H,2-3,6-7,10-13H2,1H3,(H,20,24)(H,19,21,23)/t18-/m1/s1. The number of hydrogen-bond donors (Lipinski definition) is 2. The van der Waals surface area contributed by atoms with Crippen LogP contribution in [0, 0.1) is 0 Å². The van der Waals surface area contributed by atoms with Gasteiger partial charge in [-0.05, 0) is 31.9 Å². The minimum absolute atomic E-state index is 0.0748. The normalized spacial score (nSPS) is 24.8. The molecule has 1 aliphatic heterocycles. The molecule has 2 fully saturated rings. The molecule has 25 heavy (non-hydrogen) atoms. The van der Waals surface area contributed by atoms with E-state index in [9.17, 15) is 9.59 Å². The van der Waals surface area contributed by atoms with Crippen molar-refractivity contribution in [3.8, 4) is 0 Å². The molecule has 2 N–H and O–H groups in total. The Labute approximate surface area is 148 Å². The molecule has 1 saturated heterocycles. The highest BCUT2D eigenvalue weighted by Crippen LogP contribution is 2.22. The first-order valence-corrected chi connectivity index (χ1v) is 8.93. The molecular formula is C18H26N4O3. The van der Waals surface area contributed by atoms with Crippen LogP contribution in [0.4, 0.5) is 5.82 Å². The zero-order valence-corrected chi connectivity index (χ0v) is 14.7. The van der Waals surface area contributed by atoms with Crippen molar-refractivity contribution in [1.29, 1.82) is 0 Å². The summed E-state index contributed by atoms with van der Waals surface area (Å²) in [5.74, 6) is 0.316. The van der Waals surface area contributed by atoms with Crippen LogP contribution in [0.3, 0.4) is 0 Å². The summed E-state index contributed by atoms with van der Waals surface area (Å²) in [4.78, 5) is 30.9. The van der Waals surface area contributed by atoms with Crippen LogP contribution in [0.2, 0.25) is 0 Å². The number of anilines is 1. The fourth-order valence-electron chi connectivity index (χ4n) is 3.45. The second-order valence-electron chi connectivity index (χ2n) is 7.01. The molecule has 1 saturated carbocycles. The van der Waals surface area contributed by atoms with E-state index in [2.05, 4.69) is 15.6 Å². The summed E-state index contributed by atoms with van der Waals surface area (Å²) in [7, 11) is 0. The summed E-state index contributed by atoms with van der Waals surface area (Å²) in [6.45, 7) is 3.49. The molecule has 0 aromatic carbocycles. The largest absolute Gasteiger partial charge is 0.363 e. The van der Waals surface area contributed by atoms with Crippen molar-refractivity contribution < 1.29 is 14.3 Å². The second-order valence-corrected chi connectivity index (χ2v) is 7.01. The number of carbonyl (C=O) groups is 2. The van der Waals surface area contributed by atoms with E-state index in [1.54, 1.807) is 25.3 Å². The summed E-state index contributed by atoms with van der Waals surface area (Å²) in [5, 5.41) is 5.87. The van der Waals surface area contributed by atoms with Gasteiger partial charge in [0.15, 0.2) is 5.60 Å². The maximum absolute atomic E-state index is 12.6. The molecule has 7 heteroatoms. The molecule has 136 valence electrons. The third-order valence-electron chi connectivity index (χ3n) is 4.82. The number of hydrogen-bond acceptors (Lipinski definition) is 5. The number of aromatic nitrogens is 1. The topological polar surface area (TPSA) is 83.6 Å². The van der Waals surface area contributed by atoms with Gasteiger partial charge < -0.3 is 15.4 Å². The molecule has 7 nitrogen and oxygen atoms in total. The molecule has 0 radical (unpaired) electrons. The predicted octanol–water partition coefficient (Wildman–Crippen LogP) is 1.17. The first-order valence-electron chi connectivity index (χ1n) is 8.93. The lowest BCUT2D eigenvalue weighted by Crippen LogP contribution is -2.60. The average molecular weight is 346 g/mol. The Morgan fingerprint density at radius 2 is 2.16 bits per heavy atom. The van der Waals surface area contributed by atoms with Gasteiger partial charge in [-0.15, -0.1) is 0 Å². The van der Waals surface area contributed by atoms with Crippen LogP contribution in [0.25, 0.3) is 0 Å². The van der Waals surface area contributed by atoms with Gasteiger partial charge in [0.05, 0.1) is 13.2 Å². The third-order valence-corrected chi connectivity index (χ3v) is 4.82. The fraction of sp³-hybridized carbons (Fsp3) is 0.611. The maximum Gasteiger partial charge on any atom is 0.253 e. The van der Waals surface area contributed by atoms with Crippen LogP contribution in [-0.4, -0.2) is 59.6 Å². The Morgan fingerprint density at radius 1 is 1.36 bits per heavy atom. The van der Waals surface area contributed by atoms with E-state index >= 15 is 0 Å². The maximum atomic E-state index is 12.6. The smallest absolute Gasteiger partial charge is 0.253 e. The Kier molecular flexibility index (Phi) is 5.65. The summed E-state index contributed by atoms with van der Waals surface area (Å²) in [6, 6.07) is 5.63. The van der Waals surface area contributed by atoms with Gasteiger partial charge in [0, 0.05) is 25.3 Å². The van der Waals surface area contributed by atoms with Crippen LogP contribution < -0.4 is 10.6 Å². The number of ether oxygens (including phenoxy) is 1. The van der Waals surface area contributed by atoms with E-state index in [1.165, 1.54) is 12.8 Å². The van der Waals surface area contributed by atoms with Gasteiger partial charge in [-0.1, -0.05) is 18.9 Å². The summed E-state index contributed by atoms with van der Waals surface area (Å²) in [5.41, 5.74) is -0.911. The van der Waals surface area contributed by atoms with Crippen molar-refractivity contribution in [2.24, 2.45) is 0 Å². The molecule has 3 rings (SSSR count). The summed E-state index contributed by atoms with van der Waals surface area (Å²) in [6.07, 6.45) is 6.05. The molecular weight excluding hydrogens is 320 g/mol. The van der Waals surface area contributed by atoms with E-state index in [0.717, 1.165) is 12.8 Å². The molecule has 0 spiro atoms. The zero-order chi connectivity index (χ0) is 17.7. The number of nitrogens with one attached hydrogen (secondary N) is 2. The fourth-order valence-corrected chi connectivity index (χ4v) is 3.45. The van der Waals surface area contributed by atoms with Crippen LogP contribution >= 0.6 is 0 Å². The average Bonchev–Trinajstić information content (AvgIpc) is 3.08. The Balaban J connectivity index is 1.52. The van der Waals surface area contributed by atoms with Crippen molar-refractivity contribution >= 4 is 17.6 Å². The molecule has 2 aliphatic rings. The van der Waals surface area contributed by atoms with E-state index in [1.807, 2.05) is 11.0 Å². The highest BCUT2D eigenvalue weighted by atomic mass is 16.5. The third kappa shape index (κ3) is 4.76. The molecule has 2 heterocycles. The quantitative estimate of drug-likeness (QED) is 0.836. The highest BCUT2D eigenvalue weighted by molar-refractivity contribution is 5.91. The molecule has 0 bridgehead atoms. The van der Waals surface area contributed by atoms with Gasteiger partial charge in [-0.2, -0.15) is 0 Å². The molecule has 2 amide bonds. The van der Waals surface area contributed by atoms with Gasteiger partial charge in [0.1, 0.15) is 5.82 Å². The summed E-state index contributed by atoms with van der Waals surface area (Å²) < 4.78 is 5.77. The number of rotatable bonds is 5. The molecule has 1 aromatic rings. The minimum atomic E-state index is -0.911. The van der Waals surface area contributed by atoms with Crippen molar-refractivity contribution in [3.63, 3.8) is 0 Å². The van der Waals surface area contributed by atoms with Gasteiger partial charge in [-0.25, -0.2) is 4.98 Å². The zero-order valence-electron chi connectivity index (χ0n) is 14.7. The van der Waals surface area contributed by atoms with E-state index in [0.29, 0.717) is 25.5 Å². The van der Waals surface area contributed by atoms with E-state index in [-0.39, 0.29) is 24.4 Å². The predicted molar refractivity (Wildman–Crippen MR) is 94.1 cm³/mol. The molecule has 1 aromatic heterocycles. The van der Waals surface area contributed by atoms with E-state index in [4.69, 9.17) is 4.74 Å². The van der Waals surface area contributed by atoms with Crippen LogP contribution in [0.1, 0.15) is 32.6 Å². The van der Waals surface area contributed by atoms with Gasteiger partial charge in [0.25, 0.3) is 5.91 Å². The Morgan fingerprint density at radius 3 is 2.88 bits per heavy atom. The van der Waals surface area contributed by atoms with E-state index < -0.39 is 5.60 Å². The first-order chi connectivity index (χ1) is 12.0. The lowest BCUT2D eigenvalue weighted by molar-refractivity contribution is -0.158.